The molecule has 0 N–H and O–H groups in total. The first-order chi connectivity index (χ1) is 17.1. The van der Waals surface area contributed by atoms with E-state index >= 15 is 0 Å². The van der Waals surface area contributed by atoms with Gasteiger partial charge in [0.05, 0.1) is 5.41 Å². The maximum Gasteiger partial charge on any atom is 0.233 e. The zero-order valence-electron chi connectivity index (χ0n) is 20.4. The lowest BCUT2D eigenvalue weighted by Gasteiger charge is -2.42. The third-order valence-electron chi connectivity index (χ3n) is 7.81. The maximum atomic E-state index is 14.8. The van der Waals surface area contributed by atoms with Gasteiger partial charge < -0.3 is 9.64 Å². The van der Waals surface area contributed by atoms with Crippen LogP contribution in [0.3, 0.4) is 0 Å². The van der Waals surface area contributed by atoms with Gasteiger partial charge in [-0.25, -0.2) is 4.39 Å². The average molecular weight is 473 g/mol. The van der Waals surface area contributed by atoms with Crippen LogP contribution in [0.1, 0.15) is 59.7 Å². The first kappa shape index (κ1) is 23.7. The molecule has 4 nitrogen and oxygen atoms in total. The molecule has 5 heteroatoms. The number of carbonyl (C=O) groups excluding carboxylic acids is 1. The van der Waals surface area contributed by atoms with Gasteiger partial charge in [-0.15, -0.1) is 0 Å². The van der Waals surface area contributed by atoms with Crippen LogP contribution in [-0.2, 0) is 21.4 Å². The molecule has 1 aromatic heterocycles. The predicted octanol–water partition coefficient (Wildman–Crippen LogP) is 5.57. The number of pyridine rings is 1. The quantitative estimate of drug-likeness (QED) is 0.487. The van der Waals surface area contributed by atoms with Crippen LogP contribution >= 0.6 is 0 Å². The lowest BCUT2D eigenvalue weighted by Crippen LogP contribution is -2.52. The van der Waals surface area contributed by atoms with Crippen molar-refractivity contribution >= 4 is 5.91 Å². The van der Waals surface area contributed by atoms with Gasteiger partial charge in [0.25, 0.3) is 0 Å². The number of aryl methyl sites for hydroxylation is 1. The van der Waals surface area contributed by atoms with Crippen LogP contribution in [0, 0.1) is 12.7 Å². The highest BCUT2D eigenvalue weighted by atomic mass is 19.1. The molecular formula is C30H33FN2O2. The van der Waals surface area contributed by atoms with E-state index in [1.54, 1.807) is 12.1 Å². The van der Waals surface area contributed by atoms with Gasteiger partial charge >= 0.3 is 0 Å². The number of benzene rings is 2. The Bertz CT molecular complexity index is 1180. The van der Waals surface area contributed by atoms with Crippen LogP contribution < -0.4 is 0 Å². The Hall–Kier alpha value is -3.05. The minimum atomic E-state index is -0.831. The maximum absolute atomic E-state index is 14.8. The highest BCUT2D eigenvalue weighted by Crippen LogP contribution is 2.39. The van der Waals surface area contributed by atoms with E-state index in [4.69, 9.17) is 9.72 Å². The van der Waals surface area contributed by atoms with E-state index < -0.39 is 5.41 Å². The molecule has 3 heterocycles. The molecular weight excluding hydrogens is 439 g/mol. The monoisotopic (exact) mass is 472 g/mol. The van der Waals surface area contributed by atoms with E-state index in [2.05, 4.69) is 49.4 Å². The second kappa shape index (κ2) is 10.3. The van der Waals surface area contributed by atoms with E-state index in [1.165, 1.54) is 17.2 Å². The summed E-state index contributed by atoms with van der Waals surface area (Å²) in [6.45, 7) is 4.44. The van der Waals surface area contributed by atoms with Crippen molar-refractivity contribution in [2.75, 3.05) is 26.3 Å². The van der Waals surface area contributed by atoms with Gasteiger partial charge in [0.1, 0.15) is 5.82 Å². The van der Waals surface area contributed by atoms with Gasteiger partial charge in [0.15, 0.2) is 0 Å². The molecule has 2 saturated heterocycles. The van der Waals surface area contributed by atoms with Crippen molar-refractivity contribution in [3.8, 4) is 0 Å². The molecule has 0 bridgehead atoms. The molecule has 35 heavy (non-hydrogen) atoms. The Morgan fingerprint density at radius 2 is 1.71 bits per heavy atom. The summed E-state index contributed by atoms with van der Waals surface area (Å²) in [4.78, 5) is 20.8. The largest absolute Gasteiger partial charge is 0.381 e. The molecule has 2 aromatic carbocycles. The minimum Gasteiger partial charge on any atom is -0.381 e. The van der Waals surface area contributed by atoms with Crippen molar-refractivity contribution in [1.82, 2.24) is 9.88 Å². The van der Waals surface area contributed by atoms with Gasteiger partial charge in [-0.2, -0.15) is 0 Å². The number of hydrogen-bond acceptors (Lipinski definition) is 3. The van der Waals surface area contributed by atoms with Crippen molar-refractivity contribution in [2.24, 2.45) is 0 Å². The first-order valence-corrected chi connectivity index (χ1v) is 12.7. The first-order valence-electron chi connectivity index (χ1n) is 12.7. The zero-order chi connectivity index (χ0) is 24.3. The fourth-order valence-electron chi connectivity index (χ4n) is 5.68. The summed E-state index contributed by atoms with van der Waals surface area (Å²) in [6.07, 6.45) is 3.61. The fourth-order valence-corrected chi connectivity index (χ4v) is 5.68. The third-order valence-corrected chi connectivity index (χ3v) is 7.81. The van der Waals surface area contributed by atoms with Crippen molar-refractivity contribution < 1.29 is 13.9 Å². The number of carbonyl (C=O) groups is 1. The van der Waals surface area contributed by atoms with Crippen LogP contribution in [0.5, 0.6) is 0 Å². The average Bonchev–Trinajstić information content (AvgIpc) is 2.90. The summed E-state index contributed by atoms with van der Waals surface area (Å²) in [5.41, 5.74) is 4.45. The zero-order valence-corrected chi connectivity index (χ0v) is 20.4. The molecule has 3 aromatic rings. The Labute approximate surface area is 207 Å². The smallest absolute Gasteiger partial charge is 0.233 e. The SMILES string of the molecule is Cc1ccccc1Cc1cccc(C2CCN(C(=O)C3(c4ccccc4F)CCOCC3)CC2)n1. The normalized spacial score (nSPS) is 18.4. The number of nitrogens with zero attached hydrogens (tertiary/aromatic N) is 2. The molecule has 0 unspecified atom stereocenters. The number of rotatable bonds is 5. The van der Waals surface area contributed by atoms with Gasteiger partial charge in [-0.05, 0) is 61.9 Å². The molecule has 2 fully saturated rings. The number of hydrogen-bond donors (Lipinski definition) is 0. The molecule has 1 amide bonds. The van der Waals surface area contributed by atoms with E-state index in [-0.39, 0.29) is 11.7 Å². The molecule has 0 spiro atoms. The number of aromatic nitrogens is 1. The third kappa shape index (κ3) is 4.87. The molecule has 0 atom stereocenters. The molecule has 0 radical (unpaired) electrons. The molecule has 5 rings (SSSR count). The number of halogens is 1. The number of piperidine rings is 1. The second-order valence-corrected chi connectivity index (χ2v) is 9.90. The molecule has 2 aliphatic heterocycles. The van der Waals surface area contributed by atoms with Crippen molar-refractivity contribution in [1.29, 1.82) is 0 Å². The highest BCUT2D eigenvalue weighted by Gasteiger charge is 2.46. The molecule has 182 valence electrons. The lowest BCUT2D eigenvalue weighted by atomic mass is 9.72. The standard InChI is InChI=1S/C30H33FN2O2/c1-22-7-2-3-8-24(22)21-25-9-6-12-28(32-25)23-13-17-33(18-14-23)29(34)30(15-19-35-20-16-30)26-10-4-5-11-27(26)31/h2-12,23H,13-21H2,1H3. The summed E-state index contributed by atoms with van der Waals surface area (Å²) in [5, 5.41) is 0. The summed E-state index contributed by atoms with van der Waals surface area (Å²) >= 11 is 0. The summed E-state index contributed by atoms with van der Waals surface area (Å²) < 4.78 is 20.4. The fraction of sp³-hybridized carbons (Fsp3) is 0.400. The molecule has 2 aliphatic rings. The molecule has 0 aliphatic carbocycles. The van der Waals surface area contributed by atoms with E-state index in [9.17, 15) is 9.18 Å². The van der Waals surface area contributed by atoms with Gasteiger partial charge in [-0.1, -0.05) is 48.5 Å². The number of ether oxygens (including phenoxy) is 1. The van der Waals surface area contributed by atoms with Crippen molar-refractivity contribution in [3.05, 3.63) is 101 Å². The highest BCUT2D eigenvalue weighted by molar-refractivity contribution is 5.88. The van der Waals surface area contributed by atoms with Crippen LogP contribution in [0.15, 0.2) is 66.7 Å². The van der Waals surface area contributed by atoms with Gasteiger partial charge in [0, 0.05) is 55.6 Å². The van der Waals surface area contributed by atoms with Crippen LogP contribution in [0.2, 0.25) is 0 Å². The minimum absolute atomic E-state index is 0.0469. The van der Waals surface area contributed by atoms with E-state index in [0.717, 1.165) is 30.7 Å². The topological polar surface area (TPSA) is 42.4 Å². The Balaban J connectivity index is 1.29. The van der Waals surface area contributed by atoms with Crippen LogP contribution in [0.25, 0.3) is 0 Å². The van der Waals surface area contributed by atoms with Crippen LogP contribution in [-0.4, -0.2) is 42.1 Å². The Kier molecular flexibility index (Phi) is 6.96. The van der Waals surface area contributed by atoms with Gasteiger partial charge in [-0.3, -0.25) is 9.78 Å². The Morgan fingerprint density at radius 1 is 1.00 bits per heavy atom. The lowest BCUT2D eigenvalue weighted by molar-refractivity contribution is -0.142. The van der Waals surface area contributed by atoms with Gasteiger partial charge in [0.2, 0.25) is 5.91 Å². The van der Waals surface area contributed by atoms with Crippen molar-refractivity contribution in [2.45, 2.75) is 50.4 Å². The second-order valence-electron chi connectivity index (χ2n) is 9.90. The van der Waals surface area contributed by atoms with Crippen molar-refractivity contribution in [3.63, 3.8) is 0 Å². The summed E-state index contributed by atoms with van der Waals surface area (Å²) in [5.74, 6) is 0.0767. The Morgan fingerprint density at radius 3 is 2.46 bits per heavy atom. The number of likely N-dealkylation sites (tertiary alicyclic amines) is 1. The number of amides is 1. The van der Waals surface area contributed by atoms with E-state index in [0.29, 0.717) is 50.6 Å². The summed E-state index contributed by atoms with van der Waals surface area (Å²) in [7, 11) is 0. The predicted molar refractivity (Wildman–Crippen MR) is 135 cm³/mol. The van der Waals surface area contributed by atoms with E-state index in [1.807, 2.05) is 11.0 Å². The molecule has 0 saturated carbocycles. The summed E-state index contributed by atoms with van der Waals surface area (Å²) in [6, 6.07) is 21.5. The van der Waals surface area contributed by atoms with Crippen LogP contribution in [0.4, 0.5) is 4.39 Å².